The molecule has 0 aromatic heterocycles. The van der Waals surface area contributed by atoms with Crippen LogP contribution in [-0.4, -0.2) is 11.9 Å². The minimum Gasteiger partial charge on any atom is -0.351 e. The van der Waals surface area contributed by atoms with Crippen molar-refractivity contribution >= 4 is 58.3 Å². The second-order valence-corrected chi connectivity index (χ2v) is 5.90. The molecule has 9 heteroatoms. The van der Waals surface area contributed by atoms with E-state index in [9.17, 15) is 14.0 Å². The number of carbonyl (C=O) groups is 2. The molecule has 2 aromatic rings. The number of carbonyl (C=O) groups excluding carboxylic acids is 2. The number of benzene rings is 2. The molecule has 2 aromatic carbocycles. The van der Waals surface area contributed by atoms with Gasteiger partial charge < -0.3 is 5.73 Å². The molecule has 4 nitrogen and oxygen atoms in total. The standard InChI is InChI=1S/C14H7Cl4FN2O2/c15-7-3-2-6(5-1-4-8(16)11(18)10(5)17)12(19)9(7)13(22)21-14(20)23/h1-4H,(H3,20,21,22,23). The lowest BCUT2D eigenvalue weighted by Gasteiger charge is -2.12. The minimum atomic E-state index is -1.14. The highest BCUT2D eigenvalue weighted by Crippen LogP contribution is 2.40. The predicted molar refractivity (Wildman–Crippen MR) is 88.9 cm³/mol. The number of amides is 3. The summed E-state index contributed by atoms with van der Waals surface area (Å²) in [7, 11) is 0. The van der Waals surface area contributed by atoms with Crippen molar-refractivity contribution in [3.8, 4) is 11.1 Å². The molecular formula is C14H7Cl4FN2O2. The first-order valence-corrected chi connectivity index (χ1v) is 7.48. The van der Waals surface area contributed by atoms with Gasteiger partial charge in [0, 0.05) is 11.1 Å². The van der Waals surface area contributed by atoms with E-state index in [-0.39, 0.29) is 31.2 Å². The molecule has 0 atom stereocenters. The second-order valence-electron chi connectivity index (χ2n) is 4.33. The number of primary amides is 1. The lowest BCUT2D eigenvalue weighted by atomic mass is 10.0. The summed E-state index contributed by atoms with van der Waals surface area (Å²) < 4.78 is 14.7. The van der Waals surface area contributed by atoms with Gasteiger partial charge >= 0.3 is 6.03 Å². The Morgan fingerprint density at radius 1 is 0.913 bits per heavy atom. The Bertz CT molecular complexity index is 827. The van der Waals surface area contributed by atoms with E-state index in [1.54, 1.807) is 5.32 Å². The Morgan fingerprint density at radius 3 is 2.09 bits per heavy atom. The van der Waals surface area contributed by atoms with E-state index in [2.05, 4.69) is 0 Å². The summed E-state index contributed by atoms with van der Waals surface area (Å²) >= 11 is 23.7. The van der Waals surface area contributed by atoms with E-state index in [4.69, 9.17) is 52.1 Å². The van der Waals surface area contributed by atoms with Crippen LogP contribution in [0.5, 0.6) is 0 Å². The van der Waals surface area contributed by atoms with Crippen LogP contribution >= 0.6 is 46.4 Å². The van der Waals surface area contributed by atoms with Gasteiger partial charge in [0.15, 0.2) is 0 Å². The average Bonchev–Trinajstić information content (AvgIpc) is 2.45. The van der Waals surface area contributed by atoms with Crippen molar-refractivity contribution in [1.82, 2.24) is 5.32 Å². The van der Waals surface area contributed by atoms with Crippen LogP contribution in [0.25, 0.3) is 11.1 Å². The molecule has 0 aliphatic heterocycles. The number of rotatable bonds is 2. The molecule has 3 amide bonds. The summed E-state index contributed by atoms with van der Waals surface area (Å²) in [5, 5.41) is 1.81. The van der Waals surface area contributed by atoms with Crippen LogP contribution < -0.4 is 11.1 Å². The fourth-order valence-electron chi connectivity index (χ4n) is 1.88. The quantitative estimate of drug-likeness (QED) is 0.708. The predicted octanol–water partition coefficient (Wildman–Crippen LogP) is 4.91. The molecule has 0 saturated carbocycles. The van der Waals surface area contributed by atoms with E-state index in [1.165, 1.54) is 24.3 Å². The zero-order valence-electron chi connectivity index (χ0n) is 11.1. The van der Waals surface area contributed by atoms with Crippen LogP contribution in [0.2, 0.25) is 20.1 Å². The van der Waals surface area contributed by atoms with Crippen molar-refractivity contribution in [3.63, 3.8) is 0 Å². The van der Waals surface area contributed by atoms with Crippen molar-refractivity contribution in [1.29, 1.82) is 0 Å². The number of hydrogen-bond acceptors (Lipinski definition) is 2. The van der Waals surface area contributed by atoms with Crippen LogP contribution in [0, 0.1) is 5.82 Å². The van der Waals surface area contributed by atoms with Gasteiger partial charge in [0.05, 0.1) is 25.7 Å². The molecule has 2 rings (SSSR count). The SMILES string of the molecule is NC(=O)NC(=O)c1c(Cl)ccc(-c2ccc(Cl)c(Cl)c2Cl)c1F. The van der Waals surface area contributed by atoms with Crippen molar-refractivity contribution in [2.24, 2.45) is 5.73 Å². The third-order valence-electron chi connectivity index (χ3n) is 2.88. The number of nitrogens with two attached hydrogens (primary N) is 1. The van der Waals surface area contributed by atoms with Crippen LogP contribution in [0.4, 0.5) is 9.18 Å². The van der Waals surface area contributed by atoms with Crippen LogP contribution in [0.15, 0.2) is 24.3 Å². The van der Waals surface area contributed by atoms with E-state index in [1.807, 2.05) is 0 Å². The third-order valence-corrected chi connectivity index (χ3v) is 4.49. The Balaban J connectivity index is 2.65. The highest BCUT2D eigenvalue weighted by Gasteiger charge is 2.23. The van der Waals surface area contributed by atoms with Crippen LogP contribution in [0.1, 0.15) is 10.4 Å². The molecule has 3 N–H and O–H groups in total. The molecule has 0 saturated heterocycles. The number of imide groups is 1. The van der Waals surface area contributed by atoms with Gasteiger partial charge in [0.2, 0.25) is 0 Å². The topological polar surface area (TPSA) is 72.2 Å². The van der Waals surface area contributed by atoms with Crippen molar-refractivity contribution < 1.29 is 14.0 Å². The lowest BCUT2D eigenvalue weighted by Crippen LogP contribution is -2.35. The van der Waals surface area contributed by atoms with Crippen molar-refractivity contribution in [3.05, 3.63) is 55.7 Å². The molecule has 0 bridgehead atoms. The molecule has 120 valence electrons. The number of urea groups is 1. The summed E-state index contributed by atoms with van der Waals surface area (Å²) in [6.45, 7) is 0. The first-order chi connectivity index (χ1) is 10.7. The average molecular weight is 396 g/mol. The molecule has 0 fully saturated rings. The smallest absolute Gasteiger partial charge is 0.319 e. The Hall–Kier alpha value is -1.53. The molecule has 23 heavy (non-hydrogen) atoms. The summed E-state index contributed by atoms with van der Waals surface area (Å²) in [6, 6.07) is 4.35. The normalized spacial score (nSPS) is 10.5. The molecule has 0 radical (unpaired) electrons. The zero-order chi connectivity index (χ0) is 17.3. The van der Waals surface area contributed by atoms with Gasteiger partial charge in [0.1, 0.15) is 5.82 Å². The van der Waals surface area contributed by atoms with Gasteiger partial charge in [-0.1, -0.05) is 52.5 Å². The van der Waals surface area contributed by atoms with Gasteiger partial charge in [-0.2, -0.15) is 0 Å². The van der Waals surface area contributed by atoms with Gasteiger partial charge in [-0.25, -0.2) is 9.18 Å². The number of halogens is 5. The van der Waals surface area contributed by atoms with Gasteiger partial charge in [-0.3, -0.25) is 10.1 Å². The molecule has 0 heterocycles. The number of hydrogen-bond donors (Lipinski definition) is 2. The maximum Gasteiger partial charge on any atom is 0.319 e. The lowest BCUT2D eigenvalue weighted by molar-refractivity contribution is 0.0962. The summed E-state index contributed by atoms with van der Waals surface area (Å²) in [5.41, 5.74) is 4.49. The van der Waals surface area contributed by atoms with Gasteiger partial charge in [-0.15, -0.1) is 0 Å². The van der Waals surface area contributed by atoms with E-state index < -0.39 is 23.3 Å². The van der Waals surface area contributed by atoms with Crippen molar-refractivity contribution in [2.45, 2.75) is 0 Å². The molecule has 0 spiro atoms. The van der Waals surface area contributed by atoms with E-state index >= 15 is 0 Å². The van der Waals surface area contributed by atoms with Crippen LogP contribution in [0.3, 0.4) is 0 Å². The maximum atomic E-state index is 14.7. The monoisotopic (exact) mass is 394 g/mol. The molecular weight excluding hydrogens is 389 g/mol. The largest absolute Gasteiger partial charge is 0.351 e. The Kier molecular flexibility index (Phi) is 5.37. The number of nitrogens with one attached hydrogen (secondary N) is 1. The Labute approximate surface area is 150 Å². The fraction of sp³-hybridized carbons (Fsp3) is 0. The molecule has 0 unspecified atom stereocenters. The first-order valence-electron chi connectivity index (χ1n) is 5.96. The fourth-order valence-corrected chi connectivity index (χ4v) is 2.75. The van der Waals surface area contributed by atoms with E-state index in [0.717, 1.165) is 0 Å². The molecule has 0 aliphatic rings. The third kappa shape index (κ3) is 3.53. The van der Waals surface area contributed by atoms with E-state index in [0.29, 0.717) is 0 Å². The van der Waals surface area contributed by atoms with Crippen molar-refractivity contribution in [2.75, 3.05) is 0 Å². The van der Waals surface area contributed by atoms with Crippen LogP contribution in [-0.2, 0) is 0 Å². The maximum absolute atomic E-state index is 14.7. The molecule has 0 aliphatic carbocycles. The highest BCUT2D eigenvalue weighted by molar-refractivity contribution is 6.49. The summed E-state index contributed by atoms with van der Waals surface area (Å²) in [4.78, 5) is 22.6. The second kappa shape index (κ2) is 6.93. The zero-order valence-corrected chi connectivity index (χ0v) is 14.1. The summed E-state index contributed by atoms with van der Waals surface area (Å²) in [6.07, 6.45) is 0. The van der Waals surface area contributed by atoms with Gasteiger partial charge in [-0.05, 0) is 18.2 Å². The summed E-state index contributed by atoms with van der Waals surface area (Å²) in [5.74, 6) is -2.05. The first kappa shape index (κ1) is 17.8. The minimum absolute atomic E-state index is 0.0154. The Morgan fingerprint density at radius 2 is 1.48 bits per heavy atom. The van der Waals surface area contributed by atoms with Gasteiger partial charge in [0.25, 0.3) is 5.91 Å². The highest BCUT2D eigenvalue weighted by atomic mass is 35.5.